The Hall–Kier alpha value is -3.09. The van der Waals surface area contributed by atoms with Gasteiger partial charge in [-0.3, -0.25) is 9.78 Å². The van der Waals surface area contributed by atoms with Crippen molar-refractivity contribution in [1.29, 1.82) is 0 Å². The SMILES string of the molecule is Cc1cccnc1C(=O)N1CCC(Cc2cc(-c3c(C)noc3C)ncn2)CC1. The molecule has 0 bridgehead atoms. The maximum absolute atomic E-state index is 12.8. The molecule has 7 heteroatoms. The molecule has 0 unspecified atom stereocenters. The largest absolute Gasteiger partial charge is 0.361 e. The van der Waals surface area contributed by atoms with Gasteiger partial charge < -0.3 is 9.42 Å². The first-order chi connectivity index (χ1) is 14.0. The number of pyridine rings is 1. The molecule has 0 saturated carbocycles. The van der Waals surface area contributed by atoms with E-state index in [0.717, 1.165) is 66.3 Å². The molecular formula is C22H25N5O2. The maximum Gasteiger partial charge on any atom is 0.272 e. The summed E-state index contributed by atoms with van der Waals surface area (Å²) in [5, 5.41) is 4.02. The van der Waals surface area contributed by atoms with E-state index in [9.17, 15) is 4.79 Å². The predicted octanol–water partition coefficient (Wildman–Crippen LogP) is 3.55. The molecule has 4 rings (SSSR count). The summed E-state index contributed by atoms with van der Waals surface area (Å²) in [6.45, 7) is 7.25. The van der Waals surface area contributed by atoms with Crippen molar-refractivity contribution in [1.82, 2.24) is 25.0 Å². The van der Waals surface area contributed by atoms with Gasteiger partial charge in [-0.25, -0.2) is 9.97 Å². The van der Waals surface area contributed by atoms with Crippen molar-refractivity contribution in [2.45, 2.75) is 40.0 Å². The number of hydrogen-bond acceptors (Lipinski definition) is 6. The van der Waals surface area contributed by atoms with E-state index < -0.39 is 0 Å². The highest BCUT2D eigenvalue weighted by Crippen LogP contribution is 2.27. The van der Waals surface area contributed by atoms with Crippen LogP contribution in [0, 0.1) is 26.7 Å². The van der Waals surface area contributed by atoms with Crippen LogP contribution in [0.4, 0.5) is 0 Å². The molecule has 4 heterocycles. The highest BCUT2D eigenvalue weighted by atomic mass is 16.5. The van der Waals surface area contributed by atoms with Gasteiger partial charge in [-0.2, -0.15) is 0 Å². The second kappa shape index (κ2) is 8.11. The van der Waals surface area contributed by atoms with Gasteiger partial charge in [-0.15, -0.1) is 0 Å². The molecule has 0 spiro atoms. The molecule has 3 aromatic heterocycles. The van der Waals surface area contributed by atoms with Gasteiger partial charge in [0.05, 0.1) is 17.0 Å². The van der Waals surface area contributed by atoms with Crippen LogP contribution in [0.15, 0.2) is 35.2 Å². The Kier molecular flexibility index (Phi) is 5.38. The summed E-state index contributed by atoms with van der Waals surface area (Å²) >= 11 is 0. The quantitative estimate of drug-likeness (QED) is 0.676. The highest BCUT2D eigenvalue weighted by Gasteiger charge is 2.25. The number of hydrogen-bond donors (Lipinski definition) is 0. The highest BCUT2D eigenvalue weighted by molar-refractivity contribution is 5.93. The lowest BCUT2D eigenvalue weighted by atomic mass is 9.91. The number of piperidine rings is 1. The number of aryl methyl sites for hydroxylation is 3. The molecule has 7 nitrogen and oxygen atoms in total. The number of carbonyl (C=O) groups is 1. The normalized spacial score (nSPS) is 14.9. The van der Waals surface area contributed by atoms with E-state index in [0.29, 0.717) is 11.6 Å². The van der Waals surface area contributed by atoms with Crippen LogP contribution in [0.25, 0.3) is 11.3 Å². The minimum Gasteiger partial charge on any atom is -0.361 e. The zero-order valence-electron chi connectivity index (χ0n) is 17.1. The Bertz CT molecular complexity index is 1000. The van der Waals surface area contributed by atoms with E-state index in [4.69, 9.17) is 4.52 Å². The molecular weight excluding hydrogens is 366 g/mol. The monoisotopic (exact) mass is 391 g/mol. The van der Waals surface area contributed by atoms with E-state index in [-0.39, 0.29) is 5.91 Å². The lowest BCUT2D eigenvalue weighted by Crippen LogP contribution is -2.39. The molecule has 1 aliphatic rings. The molecule has 0 aliphatic carbocycles. The van der Waals surface area contributed by atoms with Crippen LogP contribution in [0.2, 0.25) is 0 Å². The van der Waals surface area contributed by atoms with Gasteiger partial charge in [-0.1, -0.05) is 11.2 Å². The van der Waals surface area contributed by atoms with E-state index in [1.54, 1.807) is 12.5 Å². The zero-order chi connectivity index (χ0) is 20.4. The first-order valence-electron chi connectivity index (χ1n) is 9.98. The van der Waals surface area contributed by atoms with Crippen LogP contribution in [0.3, 0.4) is 0 Å². The molecule has 1 aliphatic heterocycles. The van der Waals surface area contributed by atoms with Crippen molar-refractivity contribution in [3.8, 4) is 11.3 Å². The summed E-state index contributed by atoms with van der Waals surface area (Å²) < 4.78 is 5.27. The number of carbonyl (C=O) groups excluding carboxylic acids is 1. The molecule has 1 fully saturated rings. The van der Waals surface area contributed by atoms with Crippen LogP contribution < -0.4 is 0 Å². The van der Waals surface area contributed by atoms with Crippen LogP contribution in [-0.2, 0) is 6.42 Å². The summed E-state index contributed by atoms with van der Waals surface area (Å²) in [5.41, 5.74) is 5.13. The van der Waals surface area contributed by atoms with Crippen molar-refractivity contribution in [2.24, 2.45) is 5.92 Å². The second-order valence-electron chi connectivity index (χ2n) is 7.70. The Morgan fingerprint density at radius 2 is 1.97 bits per heavy atom. The van der Waals surface area contributed by atoms with Crippen molar-refractivity contribution >= 4 is 5.91 Å². The summed E-state index contributed by atoms with van der Waals surface area (Å²) in [6.07, 6.45) is 6.09. The number of amides is 1. The molecule has 1 saturated heterocycles. The van der Waals surface area contributed by atoms with Gasteiger partial charge in [0.25, 0.3) is 5.91 Å². The number of aromatic nitrogens is 4. The van der Waals surface area contributed by atoms with Gasteiger partial charge >= 0.3 is 0 Å². The van der Waals surface area contributed by atoms with Crippen molar-refractivity contribution < 1.29 is 9.32 Å². The Labute approximate surface area is 170 Å². The standard InChI is InChI=1S/C22H25N5O2/c1-14-5-4-8-23-21(14)22(28)27-9-6-17(7-10-27)11-18-12-19(25-13-24-18)20-15(2)26-29-16(20)3/h4-5,8,12-13,17H,6-7,9-11H2,1-3H3. The summed E-state index contributed by atoms with van der Waals surface area (Å²) in [5.74, 6) is 1.30. The topological polar surface area (TPSA) is 85.0 Å². The molecule has 29 heavy (non-hydrogen) atoms. The predicted molar refractivity (Wildman–Crippen MR) is 108 cm³/mol. The van der Waals surface area contributed by atoms with E-state index in [1.807, 2.05) is 43.9 Å². The summed E-state index contributed by atoms with van der Waals surface area (Å²) in [7, 11) is 0. The van der Waals surface area contributed by atoms with Crippen LogP contribution >= 0.6 is 0 Å². The maximum atomic E-state index is 12.8. The third-order valence-electron chi connectivity index (χ3n) is 5.62. The average molecular weight is 391 g/mol. The molecule has 0 atom stereocenters. The minimum absolute atomic E-state index is 0.0317. The number of likely N-dealkylation sites (tertiary alicyclic amines) is 1. The fraction of sp³-hybridized carbons (Fsp3) is 0.409. The van der Waals surface area contributed by atoms with Crippen molar-refractivity contribution in [3.05, 3.63) is 59.1 Å². The van der Waals surface area contributed by atoms with Crippen LogP contribution in [-0.4, -0.2) is 44.0 Å². The number of nitrogens with zero attached hydrogens (tertiary/aromatic N) is 5. The van der Waals surface area contributed by atoms with E-state index >= 15 is 0 Å². The molecule has 150 valence electrons. The van der Waals surface area contributed by atoms with Crippen molar-refractivity contribution in [2.75, 3.05) is 13.1 Å². The lowest BCUT2D eigenvalue weighted by molar-refractivity contribution is 0.0683. The number of rotatable bonds is 4. The van der Waals surface area contributed by atoms with E-state index in [1.165, 1.54) is 0 Å². The van der Waals surface area contributed by atoms with Gasteiger partial charge in [0.15, 0.2) is 0 Å². The molecule has 1 amide bonds. The molecule has 3 aromatic rings. The minimum atomic E-state index is 0.0317. The average Bonchev–Trinajstić information content (AvgIpc) is 3.07. The van der Waals surface area contributed by atoms with Gasteiger partial charge in [0.2, 0.25) is 0 Å². The van der Waals surface area contributed by atoms with Crippen molar-refractivity contribution in [3.63, 3.8) is 0 Å². The summed E-state index contributed by atoms with van der Waals surface area (Å²) in [6, 6.07) is 5.82. The molecule has 0 aromatic carbocycles. The zero-order valence-corrected chi connectivity index (χ0v) is 17.1. The smallest absolute Gasteiger partial charge is 0.272 e. The van der Waals surface area contributed by atoms with E-state index in [2.05, 4.69) is 20.1 Å². The van der Waals surface area contributed by atoms with Crippen LogP contribution in [0.5, 0.6) is 0 Å². The third kappa shape index (κ3) is 4.04. The fourth-order valence-corrected chi connectivity index (χ4v) is 3.99. The lowest BCUT2D eigenvalue weighted by Gasteiger charge is -2.32. The first kappa shape index (κ1) is 19.2. The third-order valence-corrected chi connectivity index (χ3v) is 5.62. The Balaban J connectivity index is 1.40. The van der Waals surface area contributed by atoms with Crippen LogP contribution in [0.1, 0.15) is 46.0 Å². The second-order valence-corrected chi connectivity index (χ2v) is 7.70. The van der Waals surface area contributed by atoms with Gasteiger partial charge in [-0.05, 0) is 63.6 Å². The molecule has 0 radical (unpaired) electrons. The molecule has 0 N–H and O–H groups in total. The fourth-order valence-electron chi connectivity index (χ4n) is 3.99. The Morgan fingerprint density at radius 3 is 2.66 bits per heavy atom. The van der Waals surface area contributed by atoms with Gasteiger partial charge in [0, 0.05) is 25.0 Å². The first-order valence-corrected chi connectivity index (χ1v) is 9.98. The summed E-state index contributed by atoms with van der Waals surface area (Å²) in [4.78, 5) is 27.8. The van der Waals surface area contributed by atoms with Gasteiger partial charge in [0.1, 0.15) is 17.8 Å². The Morgan fingerprint density at radius 1 is 1.17 bits per heavy atom.